The van der Waals surface area contributed by atoms with Crippen molar-refractivity contribution in [2.45, 2.75) is 55.4 Å². The van der Waals surface area contributed by atoms with Crippen molar-refractivity contribution >= 4 is 21.8 Å². The molecule has 148 valence electrons. The van der Waals surface area contributed by atoms with Crippen LogP contribution >= 0.6 is 0 Å². The van der Waals surface area contributed by atoms with Crippen molar-refractivity contribution < 1.29 is 0 Å². The molecule has 2 heteroatoms. The minimum atomic E-state index is 0.955. The molecule has 0 unspecified atom stereocenters. The second kappa shape index (κ2) is 11.9. The molecule has 0 radical (unpaired) electrons. The second-order valence-electron chi connectivity index (χ2n) is 5.12. The van der Waals surface area contributed by atoms with Crippen LogP contribution in [0.3, 0.4) is 0 Å². The van der Waals surface area contributed by atoms with Gasteiger partial charge in [-0.25, -0.2) is 9.97 Å². The zero-order chi connectivity index (χ0) is 21.1. The number of nitrogens with zero attached hydrogens (tertiary/aromatic N) is 2. The Balaban J connectivity index is 0.000000442. The Kier molecular flexibility index (Phi) is 9.87. The molecule has 0 saturated carbocycles. The highest BCUT2D eigenvalue weighted by Crippen LogP contribution is 2.45. The number of hydrogen-bond acceptors (Lipinski definition) is 2. The third-order valence-corrected chi connectivity index (χ3v) is 3.99. The van der Waals surface area contributed by atoms with Gasteiger partial charge in [0.15, 0.2) is 0 Å². The number of aromatic nitrogens is 2. The molecule has 28 heavy (non-hydrogen) atoms. The molecular formula is C26H34N2. The van der Waals surface area contributed by atoms with Crippen molar-refractivity contribution in [2.75, 3.05) is 0 Å². The molecule has 3 aromatic carbocycles. The molecule has 0 fully saturated rings. The molecule has 0 bridgehead atoms. The molecule has 1 heterocycles. The number of fused-ring (bicyclic) bond motifs is 4. The van der Waals surface area contributed by atoms with Gasteiger partial charge in [-0.2, -0.15) is 0 Å². The highest BCUT2D eigenvalue weighted by Gasteiger charge is 2.23. The first-order chi connectivity index (χ1) is 13.9. The molecule has 5 rings (SSSR count). The zero-order valence-corrected chi connectivity index (χ0v) is 18.7. The summed E-state index contributed by atoms with van der Waals surface area (Å²) in [5, 5.41) is 2.53. The smallest absolute Gasteiger partial charge is 0.0979 e. The molecule has 0 amide bonds. The summed E-state index contributed by atoms with van der Waals surface area (Å²) >= 11 is 0. The normalized spacial score (nSPS) is 9.43. The average molecular weight is 375 g/mol. The number of benzene rings is 3. The molecule has 0 atom stereocenters. The number of hydrogen-bond donors (Lipinski definition) is 0. The van der Waals surface area contributed by atoms with Crippen LogP contribution in [0.1, 0.15) is 55.4 Å². The monoisotopic (exact) mass is 374 g/mol. The van der Waals surface area contributed by atoms with Crippen LogP contribution in [-0.2, 0) is 0 Å². The first-order valence-electron chi connectivity index (χ1n) is 10.7. The summed E-state index contributed by atoms with van der Waals surface area (Å²) in [5.74, 6) is 0. The lowest BCUT2D eigenvalue weighted by molar-refractivity contribution is 1.32. The van der Waals surface area contributed by atoms with E-state index < -0.39 is 0 Å². The van der Waals surface area contributed by atoms with Crippen LogP contribution in [0.2, 0.25) is 0 Å². The van der Waals surface area contributed by atoms with E-state index in [4.69, 9.17) is 9.97 Å². The molecule has 2 nitrogen and oxygen atoms in total. The maximum absolute atomic E-state index is 4.83. The van der Waals surface area contributed by atoms with Gasteiger partial charge in [0.05, 0.1) is 22.4 Å². The van der Waals surface area contributed by atoms with E-state index in [1.807, 2.05) is 79.7 Å². The van der Waals surface area contributed by atoms with Gasteiger partial charge >= 0.3 is 0 Å². The van der Waals surface area contributed by atoms with E-state index in [9.17, 15) is 0 Å². The molecule has 0 aliphatic heterocycles. The van der Waals surface area contributed by atoms with Gasteiger partial charge in [0.1, 0.15) is 0 Å². The van der Waals surface area contributed by atoms with Gasteiger partial charge < -0.3 is 0 Å². The van der Waals surface area contributed by atoms with Crippen LogP contribution < -0.4 is 0 Å². The van der Waals surface area contributed by atoms with Crippen molar-refractivity contribution in [3.05, 3.63) is 60.7 Å². The van der Waals surface area contributed by atoms with Crippen LogP contribution in [0, 0.1) is 0 Å². The topological polar surface area (TPSA) is 25.8 Å². The molecule has 1 aliphatic carbocycles. The van der Waals surface area contributed by atoms with Crippen molar-refractivity contribution in [1.29, 1.82) is 0 Å². The van der Waals surface area contributed by atoms with E-state index in [1.54, 1.807) is 0 Å². The average Bonchev–Trinajstić information content (AvgIpc) is 3.13. The van der Waals surface area contributed by atoms with Crippen LogP contribution in [-0.4, -0.2) is 9.97 Å². The minimum Gasteiger partial charge on any atom is -0.244 e. The Labute approximate surface area is 170 Å². The molecule has 1 aliphatic rings. The fourth-order valence-electron chi connectivity index (χ4n) is 3.11. The summed E-state index contributed by atoms with van der Waals surface area (Å²) in [6.07, 6.45) is 0. The second-order valence-corrected chi connectivity index (χ2v) is 5.12. The summed E-state index contributed by atoms with van der Waals surface area (Å²) in [6, 6.07) is 20.8. The van der Waals surface area contributed by atoms with Crippen LogP contribution in [0.15, 0.2) is 60.7 Å². The molecule has 4 aromatic rings. The molecule has 1 aromatic heterocycles. The van der Waals surface area contributed by atoms with Crippen LogP contribution in [0.5, 0.6) is 0 Å². The van der Waals surface area contributed by atoms with Gasteiger partial charge in [-0.3, -0.25) is 0 Å². The van der Waals surface area contributed by atoms with Crippen molar-refractivity contribution in [3.8, 4) is 22.5 Å². The maximum atomic E-state index is 4.83. The number of para-hydroxylation sites is 2. The minimum absolute atomic E-state index is 0.955. The van der Waals surface area contributed by atoms with Crippen molar-refractivity contribution in [1.82, 2.24) is 9.97 Å². The predicted octanol–water partition coefficient (Wildman–Crippen LogP) is 8.54. The lowest BCUT2D eigenvalue weighted by Gasteiger charge is -2.02. The van der Waals surface area contributed by atoms with Gasteiger partial charge in [0, 0.05) is 16.5 Å². The predicted molar refractivity (Wildman–Crippen MR) is 127 cm³/mol. The Morgan fingerprint density at radius 3 is 1.25 bits per heavy atom. The molecular weight excluding hydrogens is 340 g/mol. The van der Waals surface area contributed by atoms with E-state index >= 15 is 0 Å². The van der Waals surface area contributed by atoms with E-state index in [1.165, 1.54) is 21.9 Å². The summed E-state index contributed by atoms with van der Waals surface area (Å²) in [5.41, 5.74) is 6.33. The van der Waals surface area contributed by atoms with Gasteiger partial charge in [0.25, 0.3) is 0 Å². The Morgan fingerprint density at radius 2 is 0.857 bits per heavy atom. The van der Waals surface area contributed by atoms with Crippen LogP contribution in [0.4, 0.5) is 0 Å². The van der Waals surface area contributed by atoms with Gasteiger partial charge in [-0.15, -0.1) is 0 Å². The SMILES string of the molecule is CC.CC.CC.CC.c1cc2c3c(cccc3c1)-c1nc3ccccc3nc1-2. The quantitative estimate of drug-likeness (QED) is 0.271. The highest BCUT2D eigenvalue weighted by atomic mass is 14.8. The molecule has 0 saturated heterocycles. The summed E-state index contributed by atoms with van der Waals surface area (Å²) in [4.78, 5) is 9.67. The Bertz CT molecular complexity index is 926. The van der Waals surface area contributed by atoms with Crippen molar-refractivity contribution in [3.63, 3.8) is 0 Å². The van der Waals surface area contributed by atoms with E-state index in [-0.39, 0.29) is 0 Å². The van der Waals surface area contributed by atoms with E-state index in [0.717, 1.165) is 22.4 Å². The highest BCUT2D eigenvalue weighted by molar-refractivity contribution is 6.14. The van der Waals surface area contributed by atoms with Crippen LogP contribution in [0.25, 0.3) is 44.3 Å². The third kappa shape index (κ3) is 4.22. The first kappa shape index (κ1) is 23.3. The number of rotatable bonds is 0. The zero-order valence-electron chi connectivity index (χ0n) is 18.7. The van der Waals surface area contributed by atoms with E-state index in [0.29, 0.717) is 0 Å². The molecule has 0 N–H and O–H groups in total. The fraction of sp³-hybridized carbons (Fsp3) is 0.308. The fourth-order valence-corrected chi connectivity index (χ4v) is 3.11. The van der Waals surface area contributed by atoms with Gasteiger partial charge in [0.2, 0.25) is 0 Å². The summed E-state index contributed by atoms with van der Waals surface area (Å²) in [7, 11) is 0. The van der Waals surface area contributed by atoms with Crippen molar-refractivity contribution in [2.24, 2.45) is 0 Å². The van der Waals surface area contributed by atoms with E-state index in [2.05, 4.69) is 36.4 Å². The summed E-state index contributed by atoms with van der Waals surface area (Å²) < 4.78 is 0. The Hall–Kier alpha value is -2.74. The summed E-state index contributed by atoms with van der Waals surface area (Å²) in [6.45, 7) is 16.0. The lowest BCUT2D eigenvalue weighted by atomic mass is 10.0. The standard InChI is InChI=1S/C18H10N2.4C2H6/c1-2-10-15-14(9-1)19-17-12-7-3-5-11-6-4-8-13(16(11)12)18(17)20-15;4*1-2/h1-10H;4*1-2H3. The van der Waals surface area contributed by atoms with Gasteiger partial charge in [-0.1, -0.05) is 104 Å². The largest absolute Gasteiger partial charge is 0.244 e. The maximum Gasteiger partial charge on any atom is 0.0979 e. The first-order valence-corrected chi connectivity index (χ1v) is 10.7. The molecule has 0 spiro atoms. The van der Waals surface area contributed by atoms with Gasteiger partial charge in [-0.05, 0) is 17.5 Å². The Morgan fingerprint density at radius 1 is 0.464 bits per heavy atom. The lowest BCUT2D eigenvalue weighted by Crippen LogP contribution is -1.89. The third-order valence-electron chi connectivity index (χ3n) is 3.99.